The predicted octanol–water partition coefficient (Wildman–Crippen LogP) is 4.20. The maximum Gasteiger partial charge on any atom is 0.303 e. The second kappa shape index (κ2) is 9.11. The number of carbonyl (C=O) groups is 2. The Morgan fingerprint density at radius 1 is 1.16 bits per heavy atom. The minimum Gasteiger partial charge on any atom is -0.481 e. The molecule has 0 unspecified atom stereocenters. The highest BCUT2D eigenvalue weighted by Gasteiger charge is 2.33. The summed E-state index contributed by atoms with van der Waals surface area (Å²) in [6.07, 6.45) is 10.8. The van der Waals surface area contributed by atoms with Crippen LogP contribution in [0.25, 0.3) is 0 Å². The summed E-state index contributed by atoms with van der Waals surface area (Å²) in [7, 11) is 0. The van der Waals surface area contributed by atoms with Gasteiger partial charge in [0.05, 0.1) is 0 Å². The molecule has 0 aromatic rings. The lowest BCUT2D eigenvalue weighted by Crippen LogP contribution is -2.14. The number of hydrogen-bond donors (Lipinski definition) is 1. The molecule has 1 aliphatic carbocycles. The maximum atomic E-state index is 11.9. The Kier molecular flexibility index (Phi) is 7.76. The lowest BCUT2D eigenvalue weighted by molar-refractivity contribution is -0.137. The van der Waals surface area contributed by atoms with E-state index in [9.17, 15) is 9.59 Å². The lowest BCUT2D eigenvalue weighted by atomic mass is 9.86. The normalized spacial score (nSPS) is 22.9. The van der Waals surface area contributed by atoms with Gasteiger partial charge in [0.15, 0.2) is 0 Å². The molecule has 0 heterocycles. The minimum atomic E-state index is -0.700. The zero-order chi connectivity index (χ0) is 14.1. The summed E-state index contributed by atoms with van der Waals surface area (Å²) in [5.41, 5.74) is 0. The van der Waals surface area contributed by atoms with Gasteiger partial charge in [0.1, 0.15) is 5.78 Å². The van der Waals surface area contributed by atoms with Crippen LogP contribution in [-0.4, -0.2) is 16.9 Å². The quantitative estimate of drug-likeness (QED) is 0.604. The van der Waals surface area contributed by atoms with E-state index in [4.69, 9.17) is 5.11 Å². The fraction of sp³-hybridized carbons (Fsp3) is 0.875. The van der Waals surface area contributed by atoms with E-state index in [1.54, 1.807) is 0 Å². The SMILES string of the molecule is CCCCC[C@@H]1C(=O)CC[C@@H]1CCCCCC(=O)O. The number of carboxylic acid groups (broad SMARTS) is 1. The molecular weight excluding hydrogens is 240 g/mol. The van der Waals surface area contributed by atoms with Gasteiger partial charge in [-0.15, -0.1) is 0 Å². The van der Waals surface area contributed by atoms with E-state index in [-0.39, 0.29) is 6.42 Å². The van der Waals surface area contributed by atoms with Crippen LogP contribution in [0.15, 0.2) is 0 Å². The largest absolute Gasteiger partial charge is 0.481 e. The number of carbonyl (C=O) groups excluding carboxylic acids is 1. The smallest absolute Gasteiger partial charge is 0.303 e. The number of hydrogen-bond acceptors (Lipinski definition) is 2. The maximum absolute atomic E-state index is 11.9. The van der Waals surface area contributed by atoms with Crippen LogP contribution in [0, 0.1) is 11.8 Å². The Bertz CT molecular complexity index is 286. The molecule has 0 spiro atoms. The standard InChI is InChI=1S/C16H28O3/c1-2-3-5-9-14-13(11-12-15(14)17)8-6-4-7-10-16(18)19/h13-14H,2-12H2,1H3,(H,18,19)/t13-,14-/m0/s1. The fourth-order valence-electron chi connectivity index (χ4n) is 3.19. The summed E-state index contributed by atoms with van der Waals surface area (Å²) in [5, 5.41) is 8.58. The topological polar surface area (TPSA) is 54.4 Å². The Balaban J connectivity index is 2.19. The molecule has 0 saturated heterocycles. The highest BCUT2D eigenvalue weighted by molar-refractivity contribution is 5.83. The van der Waals surface area contributed by atoms with Crippen LogP contribution in [0.1, 0.15) is 77.6 Å². The molecular formula is C16H28O3. The number of rotatable bonds is 10. The first kappa shape index (κ1) is 16.2. The molecule has 1 aliphatic rings. The zero-order valence-electron chi connectivity index (χ0n) is 12.2. The molecule has 1 N–H and O–H groups in total. The summed E-state index contributed by atoms with van der Waals surface area (Å²) in [6, 6.07) is 0. The third-order valence-corrected chi connectivity index (χ3v) is 4.33. The van der Waals surface area contributed by atoms with Crippen LogP contribution >= 0.6 is 0 Å². The van der Waals surface area contributed by atoms with Crippen LogP contribution in [0.4, 0.5) is 0 Å². The van der Waals surface area contributed by atoms with E-state index in [1.165, 1.54) is 19.3 Å². The summed E-state index contributed by atoms with van der Waals surface area (Å²) in [4.78, 5) is 22.3. The third kappa shape index (κ3) is 6.22. The highest BCUT2D eigenvalue weighted by atomic mass is 16.4. The second-order valence-electron chi connectivity index (χ2n) is 5.86. The highest BCUT2D eigenvalue weighted by Crippen LogP contribution is 2.36. The molecule has 1 fully saturated rings. The van der Waals surface area contributed by atoms with Crippen LogP contribution in [0.2, 0.25) is 0 Å². The van der Waals surface area contributed by atoms with Crippen molar-refractivity contribution in [2.24, 2.45) is 11.8 Å². The summed E-state index contributed by atoms with van der Waals surface area (Å²) < 4.78 is 0. The Labute approximate surface area is 116 Å². The van der Waals surface area contributed by atoms with Crippen molar-refractivity contribution >= 4 is 11.8 Å². The van der Waals surface area contributed by atoms with Gasteiger partial charge in [0.25, 0.3) is 0 Å². The molecule has 3 heteroatoms. The molecule has 19 heavy (non-hydrogen) atoms. The van der Waals surface area contributed by atoms with Crippen molar-refractivity contribution in [1.29, 1.82) is 0 Å². The van der Waals surface area contributed by atoms with Gasteiger partial charge in [-0.2, -0.15) is 0 Å². The molecule has 0 amide bonds. The average Bonchev–Trinajstić information content (AvgIpc) is 2.71. The van der Waals surface area contributed by atoms with Gasteiger partial charge in [0, 0.05) is 18.8 Å². The van der Waals surface area contributed by atoms with Crippen molar-refractivity contribution in [2.75, 3.05) is 0 Å². The van der Waals surface area contributed by atoms with E-state index in [2.05, 4.69) is 6.92 Å². The van der Waals surface area contributed by atoms with Crippen molar-refractivity contribution < 1.29 is 14.7 Å². The van der Waals surface area contributed by atoms with Gasteiger partial charge in [-0.3, -0.25) is 9.59 Å². The fourth-order valence-corrected chi connectivity index (χ4v) is 3.19. The van der Waals surface area contributed by atoms with Crippen molar-refractivity contribution in [2.45, 2.75) is 77.6 Å². The van der Waals surface area contributed by atoms with Gasteiger partial charge in [-0.05, 0) is 31.6 Å². The molecule has 110 valence electrons. The molecule has 0 bridgehead atoms. The van der Waals surface area contributed by atoms with E-state index in [0.29, 0.717) is 17.6 Å². The molecule has 0 aliphatic heterocycles. The van der Waals surface area contributed by atoms with Gasteiger partial charge in [-0.1, -0.05) is 39.0 Å². The molecule has 2 atom stereocenters. The molecule has 3 nitrogen and oxygen atoms in total. The summed E-state index contributed by atoms with van der Waals surface area (Å²) in [6.45, 7) is 2.19. The molecule has 1 rings (SSSR count). The first-order valence-electron chi connectivity index (χ1n) is 7.89. The minimum absolute atomic E-state index is 0.281. The summed E-state index contributed by atoms with van der Waals surface area (Å²) in [5.74, 6) is 0.667. The van der Waals surface area contributed by atoms with Crippen molar-refractivity contribution in [3.8, 4) is 0 Å². The van der Waals surface area contributed by atoms with Gasteiger partial charge in [-0.25, -0.2) is 0 Å². The van der Waals surface area contributed by atoms with Crippen LogP contribution in [-0.2, 0) is 9.59 Å². The van der Waals surface area contributed by atoms with Gasteiger partial charge < -0.3 is 5.11 Å². The first-order valence-corrected chi connectivity index (χ1v) is 7.89. The Morgan fingerprint density at radius 2 is 1.89 bits per heavy atom. The van der Waals surface area contributed by atoms with Crippen LogP contribution < -0.4 is 0 Å². The molecule has 0 aromatic heterocycles. The van der Waals surface area contributed by atoms with Crippen molar-refractivity contribution in [3.05, 3.63) is 0 Å². The van der Waals surface area contributed by atoms with Crippen molar-refractivity contribution in [1.82, 2.24) is 0 Å². The van der Waals surface area contributed by atoms with E-state index >= 15 is 0 Å². The third-order valence-electron chi connectivity index (χ3n) is 4.33. The predicted molar refractivity (Wildman–Crippen MR) is 76.1 cm³/mol. The van der Waals surface area contributed by atoms with Crippen LogP contribution in [0.3, 0.4) is 0 Å². The summed E-state index contributed by atoms with van der Waals surface area (Å²) >= 11 is 0. The number of aliphatic carboxylic acids is 1. The van der Waals surface area contributed by atoms with Crippen LogP contribution in [0.5, 0.6) is 0 Å². The Hall–Kier alpha value is -0.860. The van der Waals surface area contributed by atoms with E-state index < -0.39 is 5.97 Å². The van der Waals surface area contributed by atoms with E-state index in [0.717, 1.165) is 44.9 Å². The van der Waals surface area contributed by atoms with Gasteiger partial charge in [0.2, 0.25) is 0 Å². The number of carboxylic acids is 1. The van der Waals surface area contributed by atoms with E-state index in [1.807, 2.05) is 0 Å². The second-order valence-corrected chi connectivity index (χ2v) is 5.86. The monoisotopic (exact) mass is 268 g/mol. The molecule has 0 radical (unpaired) electrons. The Morgan fingerprint density at radius 3 is 2.58 bits per heavy atom. The zero-order valence-corrected chi connectivity index (χ0v) is 12.2. The molecule has 1 saturated carbocycles. The number of Topliss-reactive ketones (excluding diaryl/α,β-unsaturated/α-hetero) is 1. The average molecular weight is 268 g/mol. The van der Waals surface area contributed by atoms with Gasteiger partial charge >= 0.3 is 5.97 Å². The number of unbranched alkanes of at least 4 members (excludes halogenated alkanes) is 4. The molecule has 0 aromatic carbocycles. The van der Waals surface area contributed by atoms with Crippen molar-refractivity contribution in [3.63, 3.8) is 0 Å². The first-order chi connectivity index (χ1) is 9.15. The lowest BCUT2D eigenvalue weighted by Gasteiger charge is -2.18. The number of ketones is 1.